The van der Waals surface area contributed by atoms with E-state index in [4.69, 9.17) is 15.0 Å². The highest BCUT2D eigenvalue weighted by Gasteiger charge is 2.25. The molecule has 0 aromatic heterocycles. The average Bonchev–Trinajstić information content (AvgIpc) is 2.17. The number of nitriles is 1. The van der Waals surface area contributed by atoms with Crippen LogP contribution in [0, 0.1) is 11.3 Å². The van der Waals surface area contributed by atoms with Gasteiger partial charge in [0.25, 0.3) is 0 Å². The minimum Gasteiger partial charge on any atom is -0.324 e. The van der Waals surface area contributed by atoms with Crippen molar-refractivity contribution in [3.63, 3.8) is 0 Å². The normalized spacial score (nSPS) is 12.3. The lowest BCUT2D eigenvalue weighted by atomic mass is 10.2. The number of hydrogen-bond donors (Lipinski definition) is 2. The van der Waals surface area contributed by atoms with Crippen LogP contribution in [0.25, 0.3) is 0 Å². The predicted molar refractivity (Wildman–Crippen MR) is 61.6 cm³/mol. The molecule has 2 N–H and O–H groups in total. The van der Waals surface area contributed by atoms with Gasteiger partial charge in [0.15, 0.2) is 0 Å². The Labute approximate surface area is 92.5 Å². The van der Waals surface area contributed by atoms with E-state index < -0.39 is 13.3 Å². The third-order valence-corrected chi connectivity index (χ3v) is 3.61. The zero-order chi connectivity index (χ0) is 12.3. The Morgan fingerprint density at radius 1 is 1.27 bits per heavy atom. The molecule has 1 unspecified atom stereocenters. The molecule has 4 nitrogen and oxygen atoms in total. The second-order valence-electron chi connectivity index (χ2n) is 3.35. The number of nitrogens with zero attached hydrogens (tertiary/aromatic N) is 1. The van der Waals surface area contributed by atoms with E-state index in [0.717, 1.165) is 0 Å². The number of hydrogen-bond acceptors (Lipinski definition) is 2. The number of rotatable bonds is 5. The fourth-order valence-corrected chi connectivity index (χ4v) is 1.78. The SMILES string of the molecule is CCC(CCC#N)P(=O)(O)O.CCCC. The van der Waals surface area contributed by atoms with Crippen molar-refractivity contribution in [2.24, 2.45) is 0 Å². The van der Waals surface area contributed by atoms with Crippen LogP contribution in [0.2, 0.25) is 0 Å². The van der Waals surface area contributed by atoms with Crippen LogP contribution in [-0.4, -0.2) is 15.4 Å². The first-order valence-corrected chi connectivity index (χ1v) is 7.04. The van der Waals surface area contributed by atoms with Crippen LogP contribution in [0.3, 0.4) is 0 Å². The maximum absolute atomic E-state index is 10.7. The van der Waals surface area contributed by atoms with Gasteiger partial charge in [0.2, 0.25) is 0 Å². The van der Waals surface area contributed by atoms with E-state index in [9.17, 15) is 4.57 Å². The Kier molecular flexibility index (Phi) is 11.6. The molecule has 0 aliphatic heterocycles. The molecule has 0 aliphatic carbocycles. The highest BCUT2D eigenvalue weighted by molar-refractivity contribution is 7.52. The smallest absolute Gasteiger partial charge is 0.324 e. The van der Waals surface area contributed by atoms with Crippen LogP contribution < -0.4 is 0 Å². The Bertz CT molecular complexity index is 217. The highest BCUT2D eigenvalue weighted by Crippen LogP contribution is 2.44. The molecular formula is C10H22NO3P. The third kappa shape index (κ3) is 11.6. The summed E-state index contributed by atoms with van der Waals surface area (Å²) in [5, 5.41) is 8.17. The van der Waals surface area contributed by atoms with Crippen LogP contribution in [0.5, 0.6) is 0 Å². The average molecular weight is 235 g/mol. The van der Waals surface area contributed by atoms with E-state index in [1.54, 1.807) is 6.92 Å². The van der Waals surface area contributed by atoms with Gasteiger partial charge in [-0.15, -0.1) is 0 Å². The molecule has 0 spiro atoms. The molecule has 0 aromatic carbocycles. The first-order valence-electron chi connectivity index (χ1n) is 5.36. The zero-order valence-electron chi connectivity index (χ0n) is 9.81. The Hall–Kier alpha value is -0.360. The maximum atomic E-state index is 10.7. The van der Waals surface area contributed by atoms with E-state index in [0.29, 0.717) is 6.42 Å². The van der Waals surface area contributed by atoms with Crippen LogP contribution >= 0.6 is 7.60 Å². The van der Waals surface area contributed by atoms with Crippen LogP contribution in [0.1, 0.15) is 52.9 Å². The summed E-state index contributed by atoms with van der Waals surface area (Å²) < 4.78 is 10.7. The van der Waals surface area contributed by atoms with Gasteiger partial charge in [-0.05, 0) is 12.8 Å². The van der Waals surface area contributed by atoms with Crippen LogP contribution in [0.4, 0.5) is 0 Å². The predicted octanol–water partition coefficient (Wildman–Crippen LogP) is 3.05. The van der Waals surface area contributed by atoms with Gasteiger partial charge in [-0.3, -0.25) is 4.57 Å². The molecule has 90 valence electrons. The molecule has 15 heavy (non-hydrogen) atoms. The molecule has 0 saturated heterocycles. The van der Waals surface area contributed by atoms with Crippen molar-refractivity contribution in [3.8, 4) is 6.07 Å². The van der Waals surface area contributed by atoms with Crippen molar-refractivity contribution in [2.75, 3.05) is 0 Å². The monoisotopic (exact) mass is 235 g/mol. The maximum Gasteiger partial charge on any atom is 0.328 e. The van der Waals surface area contributed by atoms with Crippen molar-refractivity contribution in [1.29, 1.82) is 5.26 Å². The lowest BCUT2D eigenvalue weighted by molar-refractivity contribution is 0.353. The van der Waals surface area contributed by atoms with E-state index in [1.807, 2.05) is 6.07 Å². The molecule has 0 amide bonds. The Morgan fingerprint density at radius 3 is 1.93 bits per heavy atom. The summed E-state index contributed by atoms with van der Waals surface area (Å²) in [5.74, 6) is 0. The van der Waals surface area contributed by atoms with Gasteiger partial charge in [0.1, 0.15) is 0 Å². The summed E-state index contributed by atoms with van der Waals surface area (Å²) in [6.45, 7) is 6.07. The molecule has 0 heterocycles. The minimum atomic E-state index is -3.96. The van der Waals surface area contributed by atoms with Gasteiger partial charge < -0.3 is 9.79 Å². The third-order valence-electron chi connectivity index (χ3n) is 2.04. The zero-order valence-corrected chi connectivity index (χ0v) is 10.7. The Balaban J connectivity index is 0. The summed E-state index contributed by atoms with van der Waals surface area (Å²) >= 11 is 0. The highest BCUT2D eigenvalue weighted by atomic mass is 31.2. The lowest BCUT2D eigenvalue weighted by Gasteiger charge is -2.13. The van der Waals surface area contributed by atoms with E-state index in [1.165, 1.54) is 12.8 Å². The standard InChI is InChI=1S/C6H12NO3P.C4H10/c1-2-6(4-3-5-7)11(8,9)10;1-3-4-2/h6H,2-4H2,1H3,(H2,8,9,10);3-4H2,1-2H3. The molecule has 0 rings (SSSR count). The molecule has 0 fully saturated rings. The van der Waals surface area contributed by atoms with Gasteiger partial charge in [-0.25, -0.2) is 0 Å². The lowest BCUT2D eigenvalue weighted by Crippen LogP contribution is -2.06. The number of unbranched alkanes of at least 4 members (excludes halogenated alkanes) is 1. The topological polar surface area (TPSA) is 81.3 Å². The van der Waals surface area contributed by atoms with Crippen molar-refractivity contribution >= 4 is 7.60 Å². The minimum absolute atomic E-state index is 0.212. The Morgan fingerprint density at radius 2 is 1.73 bits per heavy atom. The summed E-state index contributed by atoms with van der Waals surface area (Å²) in [6, 6.07) is 1.86. The van der Waals surface area contributed by atoms with Crippen LogP contribution in [-0.2, 0) is 4.57 Å². The molecule has 1 atom stereocenters. The van der Waals surface area contributed by atoms with E-state index >= 15 is 0 Å². The van der Waals surface area contributed by atoms with Gasteiger partial charge in [-0.2, -0.15) is 5.26 Å². The fraction of sp³-hybridized carbons (Fsp3) is 0.900. The van der Waals surface area contributed by atoms with Gasteiger partial charge >= 0.3 is 7.60 Å². The van der Waals surface area contributed by atoms with Crippen LogP contribution in [0.15, 0.2) is 0 Å². The van der Waals surface area contributed by atoms with Crippen molar-refractivity contribution in [3.05, 3.63) is 0 Å². The molecule has 0 bridgehead atoms. The van der Waals surface area contributed by atoms with E-state index in [2.05, 4.69) is 13.8 Å². The first kappa shape index (κ1) is 17.0. The second-order valence-corrected chi connectivity index (χ2v) is 5.26. The van der Waals surface area contributed by atoms with Crippen molar-refractivity contribution in [2.45, 2.75) is 58.5 Å². The molecule has 0 aliphatic rings. The van der Waals surface area contributed by atoms with Gasteiger partial charge in [-0.1, -0.05) is 33.6 Å². The summed E-state index contributed by atoms with van der Waals surface area (Å²) in [5.41, 5.74) is -0.637. The van der Waals surface area contributed by atoms with Gasteiger partial charge in [0.05, 0.1) is 11.7 Å². The largest absolute Gasteiger partial charge is 0.328 e. The first-order chi connectivity index (χ1) is 6.93. The molecule has 5 heteroatoms. The molecule has 0 saturated carbocycles. The second kappa shape index (κ2) is 10.2. The molecule has 0 radical (unpaired) electrons. The molecule has 0 aromatic rings. The van der Waals surface area contributed by atoms with E-state index in [-0.39, 0.29) is 12.8 Å². The quantitative estimate of drug-likeness (QED) is 0.717. The van der Waals surface area contributed by atoms with Crippen molar-refractivity contribution in [1.82, 2.24) is 0 Å². The fourth-order valence-electron chi connectivity index (χ4n) is 0.841. The summed E-state index contributed by atoms with van der Waals surface area (Å²) in [4.78, 5) is 17.4. The van der Waals surface area contributed by atoms with Crippen molar-refractivity contribution < 1.29 is 14.4 Å². The van der Waals surface area contributed by atoms with Gasteiger partial charge in [0, 0.05) is 6.42 Å². The summed E-state index contributed by atoms with van der Waals surface area (Å²) in [6.07, 6.45) is 3.56. The molecular weight excluding hydrogens is 213 g/mol. The summed E-state index contributed by atoms with van der Waals surface area (Å²) in [7, 11) is -3.96.